The molecule has 34 heavy (non-hydrogen) atoms. The zero-order valence-corrected chi connectivity index (χ0v) is 19.8. The Balaban J connectivity index is 1.37. The van der Waals surface area contributed by atoms with Crippen LogP contribution in [0.2, 0.25) is 0 Å². The number of thioether (sulfide) groups is 1. The molecule has 0 atom stereocenters. The Kier molecular flexibility index (Phi) is 7.47. The van der Waals surface area contributed by atoms with E-state index in [0.717, 1.165) is 22.9 Å². The summed E-state index contributed by atoms with van der Waals surface area (Å²) in [5.41, 5.74) is 2.17. The fraction of sp³-hybridized carbons (Fsp3) is 0.308. The van der Waals surface area contributed by atoms with E-state index >= 15 is 0 Å². The lowest BCUT2D eigenvalue weighted by molar-refractivity contribution is -0.149. The second kappa shape index (κ2) is 10.7. The maximum absolute atomic E-state index is 12.9. The monoisotopic (exact) mass is 478 g/mol. The van der Waals surface area contributed by atoms with Crippen molar-refractivity contribution in [1.82, 2.24) is 9.80 Å². The van der Waals surface area contributed by atoms with Gasteiger partial charge in [0.25, 0.3) is 17.1 Å². The van der Waals surface area contributed by atoms with E-state index in [1.807, 2.05) is 30.3 Å². The molecule has 8 heteroatoms. The maximum Gasteiger partial charge on any atom is 0.309 e. The highest BCUT2D eigenvalue weighted by molar-refractivity contribution is 8.18. The van der Waals surface area contributed by atoms with Crippen molar-refractivity contribution < 1.29 is 23.9 Å². The molecule has 0 spiro atoms. The van der Waals surface area contributed by atoms with Crippen LogP contribution in [-0.2, 0) is 20.9 Å². The van der Waals surface area contributed by atoms with E-state index in [0.29, 0.717) is 43.0 Å². The maximum atomic E-state index is 12.9. The molecule has 0 N–H and O–H groups in total. The molecule has 2 aliphatic rings. The molecule has 0 aromatic heterocycles. The van der Waals surface area contributed by atoms with Crippen molar-refractivity contribution in [2.24, 2.45) is 5.92 Å². The van der Waals surface area contributed by atoms with Gasteiger partial charge in [0.1, 0.15) is 0 Å². The van der Waals surface area contributed by atoms with Crippen LogP contribution >= 0.6 is 11.8 Å². The summed E-state index contributed by atoms with van der Waals surface area (Å²) in [6.07, 6.45) is 2.87. The largest absolute Gasteiger partial charge is 0.466 e. The molecule has 176 valence electrons. The van der Waals surface area contributed by atoms with Crippen molar-refractivity contribution >= 4 is 40.9 Å². The molecule has 0 radical (unpaired) electrons. The third kappa shape index (κ3) is 5.39. The van der Waals surface area contributed by atoms with Gasteiger partial charge in [-0.1, -0.05) is 42.5 Å². The zero-order valence-electron chi connectivity index (χ0n) is 18.9. The van der Waals surface area contributed by atoms with E-state index in [1.54, 1.807) is 42.2 Å². The summed E-state index contributed by atoms with van der Waals surface area (Å²) >= 11 is 0.921. The van der Waals surface area contributed by atoms with Gasteiger partial charge < -0.3 is 9.64 Å². The molecule has 3 amide bonds. The van der Waals surface area contributed by atoms with Gasteiger partial charge in [-0.2, -0.15) is 0 Å². The SMILES string of the molecule is CCOC(=O)C1CCN(C(=O)c2ccc(/C=C3\SC(=O)N(Cc4ccccc4)C3=O)cc2)CC1. The summed E-state index contributed by atoms with van der Waals surface area (Å²) in [5, 5.41) is -0.293. The Morgan fingerprint density at radius 3 is 2.35 bits per heavy atom. The van der Waals surface area contributed by atoms with Gasteiger partial charge in [-0.3, -0.25) is 24.1 Å². The van der Waals surface area contributed by atoms with Gasteiger partial charge in [-0.25, -0.2) is 0 Å². The first-order valence-electron chi connectivity index (χ1n) is 11.3. The number of rotatable bonds is 6. The number of hydrogen-bond donors (Lipinski definition) is 0. The molecular weight excluding hydrogens is 452 g/mol. The molecule has 0 bridgehead atoms. The lowest BCUT2D eigenvalue weighted by Crippen LogP contribution is -2.40. The predicted octanol–water partition coefficient (Wildman–Crippen LogP) is 4.34. The van der Waals surface area contributed by atoms with E-state index in [9.17, 15) is 19.2 Å². The van der Waals surface area contributed by atoms with Crippen LogP contribution in [0.5, 0.6) is 0 Å². The third-order valence-electron chi connectivity index (χ3n) is 5.91. The Morgan fingerprint density at radius 1 is 1.03 bits per heavy atom. The van der Waals surface area contributed by atoms with Gasteiger partial charge in [-0.15, -0.1) is 0 Å². The van der Waals surface area contributed by atoms with Gasteiger partial charge in [0.2, 0.25) is 0 Å². The van der Waals surface area contributed by atoms with Gasteiger partial charge >= 0.3 is 5.97 Å². The van der Waals surface area contributed by atoms with E-state index in [1.165, 1.54) is 4.90 Å². The average molecular weight is 479 g/mol. The highest BCUT2D eigenvalue weighted by atomic mass is 32.2. The number of amides is 3. The number of imide groups is 1. The van der Waals surface area contributed by atoms with Crippen LogP contribution in [-0.4, -0.2) is 52.5 Å². The van der Waals surface area contributed by atoms with Gasteiger partial charge in [-0.05, 0) is 60.9 Å². The molecular formula is C26H26N2O5S. The van der Waals surface area contributed by atoms with Crippen molar-refractivity contribution in [3.05, 3.63) is 76.2 Å². The number of benzene rings is 2. The van der Waals surface area contributed by atoms with Gasteiger partial charge in [0, 0.05) is 18.7 Å². The molecule has 2 heterocycles. The topological polar surface area (TPSA) is 84.0 Å². The summed E-state index contributed by atoms with van der Waals surface area (Å²) in [6, 6.07) is 16.4. The molecule has 4 rings (SSSR count). The second-order valence-electron chi connectivity index (χ2n) is 8.19. The molecule has 0 saturated carbocycles. The number of likely N-dealkylation sites (tertiary alicyclic amines) is 1. The van der Waals surface area contributed by atoms with Crippen LogP contribution in [0.25, 0.3) is 6.08 Å². The molecule has 0 unspecified atom stereocenters. The summed E-state index contributed by atoms with van der Waals surface area (Å²) in [5.74, 6) is -0.740. The van der Waals surface area contributed by atoms with E-state index in [2.05, 4.69) is 0 Å². The molecule has 2 aromatic carbocycles. The fourth-order valence-corrected chi connectivity index (χ4v) is 4.87. The molecule has 2 aromatic rings. The number of hydrogen-bond acceptors (Lipinski definition) is 6. The Bertz CT molecular complexity index is 1110. The van der Waals surface area contributed by atoms with E-state index in [4.69, 9.17) is 4.74 Å². The standard InChI is InChI=1S/C26H26N2O5S/c1-2-33-25(31)21-12-14-27(15-13-21)23(29)20-10-8-18(9-11-20)16-22-24(30)28(26(32)34-22)17-19-6-4-3-5-7-19/h3-11,16,21H,2,12-15,17H2,1H3/b22-16-. The van der Waals surface area contributed by atoms with Crippen LogP contribution < -0.4 is 0 Å². The van der Waals surface area contributed by atoms with Gasteiger partial charge in [0.15, 0.2) is 0 Å². The van der Waals surface area contributed by atoms with Crippen molar-refractivity contribution in [2.75, 3.05) is 19.7 Å². The van der Waals surface area contributed by atoms with Crippen LogP contribution in [0.3, 0.4) is 0 Å². The highest BCUT2D eigenvalue weighted by Crippen LogP contribution is 2.33. The summed E-state index contributed by atoms with van der Waals surface area (Å²) in [4.78, 5) is 53.2. The third-order valence-corrected chi connectivity index (χ3v) is 6.82. The Labute approximate surface area is 202 Å². The quantitative estimate of drug-likeness (QED) is 0.454. The first-order chi connectivity index (χ1) is 16.5. The van der Waals surface area contributed by atoms with Crippen LogP contribution in [0.4, 0.5) is 4.79 Å². The minimum Gasteiger partial charge on any atom is -0.466 e. The van der Waals surface area contributed by atoms with E-state index < -0.39 is 0 Å². The second-order valence-corrected chi connectivity index (χ2v) is 9.19. The lowest BCUT2D eigenvalue weighted by atomic mass is 9.96. The van der Waals surface area contributed by atoms with Gasteiger partial charge in [0.05, 0.1) is 24.0 Å². The van der Waals surface area contributed by atoms with Crippen molar-refractivity contribution in [2.45, 2.75) is 26.3 Å². The molecule has 0 aliphatic carbocycles. The smallest absolute Gasteiger partial charge is 0.309 e. The fourth-order valence-electron chi connectivity index (χ4n) is 4.04. The van der Waals surface area contributed by atoms with Crippen LogP contribution in [0.15, 0.2) is 59.5 Å². The normalized spacial score (nSPS) is 18.0. The number of carbonyl (C=O) groups excluding carboxylic acids is 4. The zero-order chi connectivity index (χ0) is 24.1. The minimum absolute atomic E-state index is 0.0861. The predicted molar refractivity (Wildman–Crippen MR) is 130 cm³/mol. The van der Waals surface area contributed by atoms with Crippen molar-refractivity contribution in [3.8, 4) is 0 Å². The number of piperidine rings is 1. The minimum atomic E-state index is -0.316. The Hall–Kier alpha value is -3.39. The number of esters is 1. The summed E-state index contributed by atoms with van der Waals surface area (Å²) < 4.78 is 5.08. The Morgan fingerprint density at radius 2 is 1.71 bits per heavy atom. The van der Waals surface area contributed by atoms with Crippen molar-refractivity contribution in [3.63, 3.8) is 0 Å². The molecule has 7 nitrogen and oxygen atoms in total. The number of ether oxygens (including phenoxy) is 1. The summed E-state index contributed by atoms with van der Waals surface area (Å²) in [6.45, 7) is 3.42. The van der Waals surface area contributed by atoms with Crippen LogP contribution in [0.1, 0.15) is 41.3 Å². The molecule has 2 fully saturated rings. The van der Waals surface area contributed by atoms with E-state index in [-0.39, 0.29) is 35.5 Å². The van der Waals surface area contributed by atoms with Crippen LogP contribution in [0, 0.1) is 5.92 Å². The first kappa shape index (κ1) is 23.8. The highest BCUT2D eigenvalue weighted by Gasteiger charge is 2.35. The first-order valence-corrected chi connectivity index (χ1v) is 12.1. The summed E-state index contributed by atoms with van der Waals surface area (Å²) in [7, 11) is 0. The molecule has 2 aliphatic heterocycles. The average Bonchev–Trinajstić information content (AvgIpc) is 3.12. The number of nitrogens with zero attached hydrogens (tertiary/aromatic N) is 2. The van der Waals surface area contributed by atoms with Crippen molar-refractivity contribution in [1.29, 1.82) is 0 Å². The molecule has 2 saturated heterocycles. The number of carbonyl (C=O) groups is 4. The lowest BCUT2D eigenvalue weighted by Gasteiger charge is -2.31.